The van der Waals surface area contributed by atoms with Crippen LogP contribution in [0.2, 0.25) is 0 Å². The number of rotatable bonds is 5. The van der Waals surface area contributed by atoms with Crippen molar-refractivity contribution in [3.05, 3.63) is 40.6 Å². The van der Waals surface area contributed by atoms with Crippen LogP contribution in [-0.2, 0) is 9.59 Å². The van der Waals surface area contributed by atoms with Crippen molar-refractivity contribution in [2.75, 3.05) is 0 Å². The van der Waals surface area contributed by atoms with Crippen LogP contribution >= 0.6 is 24.0 Å². The molecule has 7 heteroatoms. The second kappa shape index (κ2) is 7.23. The normalized spacial score (nSPS) is 19.3. The Morgan fingerprint density at radius 3 is 2.57 bits per heavy atom. The van der Waals surface area contributed by atoms with Gasteiger partial charge in [0.2, 0.25) is 0 Å². The van der Waals surface area contributed by atoms with E-state index in [-0.39, 0.29) is 16.1 Å². The maximum absolute atomic E-state index is 12.9. The third kappa shape index (κ3) is 3.79. The van der Waals surface area contributed by atoms with E-state index in [1.807, 2.05) is 6.92 Å². The van der Waals surface area contributed by atoms with Crippen LogP contribution in [0.5, 0.6) is 0 Å². The highest BCUT2D eigenvalue weighted by atomic mass is 32.2. The summed E-state index contributed by atoms with van der Waals surface area (Å²) in [6.07, 6.45) is 2.21. The topological polar surface area (TPSA) is 57.6 Å². The van der Waals surface area contributed by atoms with Crippen molar-refractivity contribution in [3.8, 4) is 0 Å². The number of carbonyl (C=O) groups excluding carboxylic acids is 1. The van der Waals surface area contributed by atoms with Gasteiger partial charge in [0.25, 0.3) is 5.91 Å². The van der Waals surface area contributed by atoms with Gasteiger partial charge in [-0.05, 0) is 29.7 Å². The molecule has 0 aromatic heterocycles. The van der Waals surface area contributed by atoms with E-state index in [1.54, 1.807) is 25.1 Å². The summed E-state index contributed by atoms with van der Waals surface area (Å²) in [5, 5.41) is 9.45. The molecule has 0 spiro atoms. The first-order valence-electron chi connectivity index (χ1n) is 7.10. The van der Waals surface area contributed by atoms with Crippen LogP contribution in [0.25, 0.3) is 6.08 Å². The molecular weight excluding hydrogens is 337 g/mol. The van der Waals surface area contributed by atoms with E-state index in [4.69, 9.17) is 12.2 Å². The number of hydrogen-bond donors (Lipinski definition) is 1. The minimum absolute atomic E-state index is 0.222. The molecule has 122 valence electrons. The summed E-state index contributed by atoms with van der Waals surface area (Å²) in [5.74, 6) is -2.08. The zero-order valence-electron chi connectivity index (χ0n) is 12.7. The van der Waals surface area contributed by atoms with Gasteiger partial charge in [0.05, 0.1) is 4.91 Å². The molecule has 1 heterocycles. The van der Waals surface area contributed by atoms with Gasteiger partial charge < -0.3 is 5.11 Å². The minimum Gasteiger partial charge on any atom is -0.480 e. The van der Waals surface area contributed by atoms with Gasteiger partial charge in [0.1, 0.15) is 16.2 Å². The fraction of sp³-hybridized carbons (Fsp3) is 0.312. The number of carbonyl (C=O) groups is 2. The Morgan fingerprint density at radius 2 is 2.04 bits per heavy atom. The maximum Gasteiger partial charge on any atom is 0.327 e. The smallest absolute Gasteiger partial charge is 0.327 e. The van der Waals surface area contributed by atoms with Gasteiger partial charge in [-0.25, -0.2) is 9.18 Å². The molecule has 1 aliphatic rings. The van der Waals surface area contributed by atoms with Gasteiger partial charge in [0, 0.05) is 0 Å². The van der Waals surface area contributed by atoms with Gasteiger partial charge in [-0.2, -0.15) is 0 Å². The molecule has 1 fully saturated rings. The quantitative estimate of drug-likeness (QED) is 0.648. The number of carboxylic acid groups (broad SMARTS) is 1. The molecule has 0 bridgehead atoms. The van der Waals surface area contributed by atoms with Gasteiger partial charge in [-0.1, -0.05) is 56.4 Å². The maximum atomic E-state index is 12.9. The van der Waals surface area contributed by atoms with Crippen molar-refractivity contribution in [1.29, 1.82) is 0 Å². The van der Waals surface area contributed by atoms with Crippen molar-refractivity contribution in [2.24, 2.45) is 5.92 Å². The Labute approximate surface area is 143 Å². The molecule has 1 amide bonds. The number of nitrogens with zero attached hydrogens (tertiary/aromatic N) is 1. The number of halogens is 1. The molecule has 4 nitrogen and oxygen atoms in total. The number of thiocarbonyl (C=S) groups is 1. The molecule has 1 N–H and O–H groups in total. The lowest BCUT2D eigenvalue weighted by atomic mass is 9.98. The van der Waals surface area contributed by atoms with E-state index in [2.05, 4.69) is 0 Å². The number of aliphatic carboxylic acids is 1. The average molecular weight is 353 g/mol. The van der Waals surface area contributed by atoms with Crippen molar-refractivity contribution < 1.29 is 19.1 Å². The first-order chi connectivity index (χ1) is 10.8. The van der Waals surface area contributed by atoms with Crippen LogP contribution in [0, 0.1) is 11.7 Å². The standard InChI is InChI=1S/C16H16FNO3S2/c1-3-9(2)13(15(20)21)18-14(19)12(23-16(18)22)8-10-4-6-11(17)7-5-10/h4-9,13H,3H2,1-2H3,(H,20,21)/b12-8-. The number of carboxylic acids is 1. The minimum atomic E-state index is -1.07. The molecule has 1 saturated heterocycles. The second-order valence-corrected chi connectivity index (χ2v) is 6.95. The van der Waals surface area contributed by atoms with E-state index in [1.165, 1.54) is 17.0 Å². The van der Waals surface area contributed by atoms with Crippen molar-refractivity contribution in [3.63, 3.8) is 0 Å². The highest BCUT2D eigenvalue weighted by Gasteiger charge is 2.42. The highest BCUT2D eigenvalue weighted by Crippen LogP contribution is 2.35. The van der Waals surface area contributed by atoms with Crippen molar-refractivity contribution >= 4 is 46.3 Å². The van der Waals surface area contributed by atoms with Crippen LogP contribution < -0.4 is 0 Å². The Hall–Kier alpha value is -1.73. The fourth-order valence-electron chi connectivity index (χ4n) is 2.26. The van der Waals surface area contributed by atoms with Gasteiger partial charge >= 0.3 is 5.97 Å². The van der Waals surface area contributed by atoms with Crippen LogP contribution in [0.3, 0.4) is 0 Å². The third-order valence-corrected chi connectivity index (χ3v) is 5.04. The molecule has 1 aliphatic heterocycles. The second-order valence-electron chi connectivity index (χ2n) is 5.27. The Morgan fingerprint density at radius 1 is 1.43 bits per heavy atom. The van der Waals surface area contributed by atoms with E-state index < -0.39 is 17.9 Å². The molecule has 2 atom stereocenters. The van der Waals surface area contributed by atoms with E-state index >= 15 is 0 Å². The van der Waals surface area contributed by atoms with Gasteiger partial charge in [-0.15, -0.1) is 0 Å². The summed E-state index contributed by atoms with van der Waals surface area (Å²) >= 11 is 6.26. The first kappa shape index (κ1) is 17.6. The zero-order chi connectivity index (χ0) is 17.1. The number of thioether (sulfide) groups is 1. The first-order valence-corrected chi connectivity index (χ1v) is 8.33. The number of amides is 1. The molecule has 1 aromatic carbocycles. The van der Waals surface area contributed by atoms with E-state index in [0.717, 1.165) is 11.8 Å². The molecule has 0 radical (unpaired) electrons. The molecule has 2 unspecified atom stereocenters. The predicted octanol–water partition coefficient (Wildman–Crippen LogP) is 3.53. The van der Waals surface area contributed by atoms with Gasteiger partial charge in [0.15, 0.2) is 0 Å². The Kier molecular flexibility index (Phi) is 5.54. The number of hydrogen-bond acceptors (Lipinski definition) is 4. The summed E-state index contributed by atoms with van der Waals surface area (Å²) in [4.78, 5) is 25.6. The largest absolute Gasteiger partial charge is 0.480 e. The summed E-state index contributed by atoms with van der Waals surface area (Å²) in [6, 6.07) is 4.71. The summed E-state index contributed by atoms with van der Waals surface area (Å²) in [7, 11) is 0. The lowest BCUT2D eigenvalue weighted by Gasteiger charge is -2.27. The van der Waals surface area contributed by atoms with E-state index in [9.17, 15) is 19.1 Å². The molecule has 0 saturated carbocycles. The lowest BCUT2D eigenvalue weighted by Crippen LogP contribution is -2.47. The van der Waals surface area contributed by atoms with Crippen LogP contribution in [0.1, 0.15) is 25.8 Å². The van der Waals surface area contributed by atoms with Crippen molar-refractivity contribution in [2.45, 2.75) is 26.3 Å². The zero-order valence-corrected chi connectivity index (χ0v) is 14.3. The van der Waals surface area contributed by atoms with Crippen LogP contribution in [-0.4, -0.2) is 32.2 Å². The summed E-state index contributed by atoms with van der Waals surface area (Å²) in [5.41, 5.74) is 0.655. The van der Waals surface area contributed by atoms with Crippen molar-refractivity contribution in [1.82, 2.24) is 4.90 Å². The lowest BCUT2D eigenvalue weighted by molar-refractivity contribution is -0.147. The number of benzene rings is 1. The third-order valence-electron chi connectivity index (χ3n) is 3.71. The summed E-state index contributed by atoms with van der Waals surface area (Å²) in [6.45, 7) is 3.65. The SMILES string of the molecule is CCC(C)C(C(=O)O)N1C(=O)/C(=C/c2ccc(F)cc2)SC1=S. The predicted molar refractivity (Wildman–Crippen MR) is 92.3 cm³/mol. The van der Waals surface area contributed by atoms with Crippen LogP contribution in [0.15, 0.2) is 29.2 Å². The molecule has 2 rings (SSSR count). The molecule has 0 aliphatic carbocycles. The Bertz CT molecular complexity index is 672. The highest BCUT2D eigenvalue weighted by molar-refractivity contribution is 8.26. The molecular formula is C16H16FNO3S2. The summed E-state index contributed by atoms with van der Waals surface area (Å²) < 4.78 is 13.2. The van der Waals surface area contributed by atoms with Gasteiger partial charge in [-0.3, -0.25) is 9.69 Å². The Balaban J connectivity index is 2.32. The van der Waals surface area contributed by atoms with Crippen LogP contribution in [0.4, 0.5) is 4.39 Å². The molecule has 1 aromatic rings. The monoisotopic (exact) mass is 353 g/mol. The van der Waals surface area contributed by atoms with E-state index in [0.29, 0.717) is 16.9 Å². The average Bonchev–Trinajstić information content (AvgIpc) is 2.77. The fourth-order valence-corrected chi connectivity index (χ4v) is 3.59. The molecule has 23 heavy (non-hydrogen) atoms.